The minimum Gasteiger partial charge on any atom is -0.307 e. The van der Waals surface area contributed by atoms with Gasteiger partial charge in [0.15, 0.2) is 0 Å². The van der Waals surface area contributed by atoms with E-state index in [1.165, 1.54) is 50.2 Å². The monoisotopic (exact) mass is 307 g/mol. The van der Waals surface area contributed by atoms with Crippen LogP contribution in [0.5, 0.6) is 0 Å². The van der Waals surface area contributed by atoms with Gasteiger partial charge in [0.1, 0.15) is 0 Å². The van der Waals surface area contributed by atoms with Crippen molar-refractivity contribution in [3.63, 3.8) is 0 Å². The van der Waals surface area contributed by atoms with Gasteiger partial charge in [-0.1, -0.05) is 18.9 Å². The lowest BCUT2D eigenvalue weighted by atomic mass is 9.96. The van der Waals surface area contributed by atoms with Gasteiger partial charge in [-0.15, -0.1) is 11.3 Å². The molecule has 1 saturated heterocycles. The maximum atomic E-state index is 3.93. The summed E-state index contributed by atoms with van der Waals surface area (Å²) in [5.41, 5.74) is 0. The molecule has 21 heavy (non-hydrogen) atoms. The zero-order valence-electron chi connectivity index (χ0n) is 13.4. The fraction of sp³-hybridized carbons (Fsp3) is 0.765. The summed E-state index contributed by atoms with van der Waals surface area (Å²) in [6, 6.07) is 5.74. The van der Waals surface area contributed by atoms with Gasteiger partial charge >= 0.3 is 0 Å². The molecule has 0 aromatic carbocycles. The first-order chi connectivity index (χ1) is 10.2. The summed E-state index contributed by atoms with van der Waals surface area (Å²) < 4.78 is 0. The summed E-state index contributed by atoms with van der Waals surface area (Å²) in [5.74, 6) is 0.843. The molecule has 2 fully saturated rings. The average Bonchev–Trinajstić information content (AvgIpc) is 3.16. The number of nitrogens with one attached hydrogen (secondary N) is 1. The molecule has 1 aromatic heterocycles. The first-order valence-corrected chi connectivity index (χ1v) is 9.27. The van der Waals surface area contributed by atoms with Crippen molar-refractivity contribution in [3.8, 4) is 0 Å². The third-order valence-corrected chi connectivity index (χ3v) is 6.23. The molecule has 118 valence electrons. The highest BCUT2D eigenvalue weighted by Gasteiger charge is 2.29. The van der Waals surface area contributed by atoms with Gasteiger partial charge in [0.25, 0.3) is 0 Å². The Kier molecular flexibility index (Phi) is 5.33. The van der Waals surface area contributed by atoms with Crippen molar-refractivity contribution in [2.75, 3.05) is 40.3 Å². The van der Waals surface area contributed by atoms with Crippen LogP contribution >= 0.6 is 11.3 Å². The Morgan fingerprint density at radius 2 is 2.10 bits per heavy atom. The normalized spacial score (nSPS) is 27.2. The van der Waals surface area contributed by atoms with E-state index in [1.807, 2.05) is 11.3 Å². The van der Waals surface area contributed by atoms with Crippen LogP contribution in [0.3, 0.4) is 0 Å². The van der Waals surface area contributed by atoms with Crippen LogP contribution in [0, 0.1) is 5.92 Å². The summed E-state index contributed by atoms with van der Waals surface area (Å²) in [4.78, 5) is 6.52. The number of likely N-dealkylation sites (N-methyl/N-ethyl adjacent to an activating group) is 2. The lowest BCUT2D eigenvalue weighted by molar-refractivity contribution is 0.109. The second-order valence-corrected chi connectivity index (χ2v) is 7.82. The van der Waals surface area contributed by atoms with Crippen molar-refractivity contribution >= 4 is 11.3 Å². The Morgan fingerprint density at radius 3 is 2.81 bits per heavy atom. The molecule has 1 aliphatic carbocycles. The highest BCUT2D eigenvalue weighted by molar-refractivity contribution is 7.10. The molecule has 1 saturated carbocycles. The van der Waals surface area contributed by atoms with Crippen LogP contribution in [0.15, 0.2) is 17.5 Å². The van der Waals surface area contributed by atoms with Crippen molar-refractivity contribution in [3.05, 3.63) is 22.4 Å². The van der Waals surface area contributed by atoms with Crippen LogP contribution < -0.4 is 5.32 Å². The van der Waals surface area contributed by atoms with Gasteiger partial charge in [-0.25, -0.2) is 0 Å². The summed E-state index contributed by atoms with van der Waals surface area (Å²) in [7, 11) is 4.52. The van der Waals surface area contributed by atoms with Crippen LogP contribution in [-0.4, -0.2) is 56.1 Å². The van der Waals surface area contributed by atoms with Gasteiger partial charge < -0.3 is 10.2 Å². The molecule has 0 spiro atoms. The van der Waals surface area contributed by atoms with E-state index in [-0.39, 0.29) is 0 Å². The molecule has 4 heteroatoms. The van der Waals surface area contributed by atoms with Crippen molar-refractivity contribution in [2.45, 2.75) is 37.8 Å². The lowest BCUT2D eigenvalue weighted by Gasteiger charge is -2.39. The lowest BCUT2D eigenvalue weighted by Crippen LogP contribution is -2.54. The topological polar surface area (TPSA) is 18.5 Å². The smallest absolute Gasteiger partial charge is 0.0443 e. The van der Waals surface area contributed by atoms with Crippen molar-refractivity contribution in [1.82, 2.24) is 15.1 Å². The highest BCUT2D eigenvalue weighted by atomic mass is 32.1. The number of rotatable bonds is 5. The van der Waals surface area contributed by atoms with Gasteiger partial charge in [0.2, 0.25) is 0 Å². The summed E-state index contributed by atoms with van der Waals surface area (Å²) >= 11 is 1.92. The fourth-order valence-electron chi connectivity index (χ4n) is 3.84. The maximum absolute atomic E-state index is 3.93. The number of nitrogens with zero attached hydrogens (tertiary/aromatic N) is 2. The van der Waals surface area contributed by atoms with Gasteiger partial charge in [-0.2, -0.15) is 0 Å². The van der Waals surface area contributed by atoms with E-state index in [0.29, 0.717) is 12.1 Å². The van der Waals surface area contributed by atoms with Crippen LogP contribution in [0.4, 0.5) is 0 Å². The number of hydrogen-bond acceptors (Lipinski definition) is 4. The van der Waals surface area contributed by atoms with Crippen molar-refractivity contribution < 1.29 is 0 Å². The standard InChI is InChI=1S/C17H29N3S/c1-19-9-10-20(2)15(13-19)12-18-17(14-6-3-4-7-14)16-8-5-11-21-16/h5,8,11,14-15,17-18H,3-4,6-7,9-10,12-13H2,1-2H3. The highest BCUT2D eigenvalue weighted by Crippen LogP contribution is 2.37. The molecule has 0 bridgehead atoms. The number of thiophene rings is 1. The van der Waals surface area contributed by atoms with E-state index in [1.54, 1.807) is 0 Å². The van der Waals surface area contributed by atoms with Crippen LogP contribution in [0.1, 0.15) is 36.6 Å². The van der Waals surface area contributed by atoms with Gasteiger partial charge in [0, 0.05) is 43.1 Å². The molecule has 2 heterocycles. The third kappa shape index (κ3) is 3.86. The fourth-order valence-corrected chi connectivity index (χ4v) is 4.74. The molecule has 0 radical (unpaired) electrons. The van der Waals surface area contributed by atoms with Crippen molar-refractivity contribution in [1.29, 1.82) is 0 Å². The van der Waals surface area contributed by atoms with Crippen molar-refractivity contribution in [2.24, 2.45) is 5.92 Å². The van der Waals surface area contributed by atoms with E-state index in [2.05, 4.69) is 46.7 Å². The maximum Gasteiger partial charge on any atom is 0.0443 e. The van der Waals surface area contributed by atoms with Gasteiger partial charge in [-0.05, 0) is 44.3 Å². The molecule has 1 aromatic rings. The average molecular weight is 308 g/mol. The largest absolute Gasteiger partial charge is 0.307 e. The Morgan fingerprint density at radius 1 is 1.29 bits per heavy atom. The Balaban J connectivity index is 1.61. The first-order valence-electron chi connectivity index (χ1n) is 8.39. The number of hydrogen-bond donors (Lipinski definition) is 1. The minimum atomic E-state index is 0.577. The zero-order valence-corrected chi connectivity index (χ0v) is 14.2. The second-order valence-electron chi connectivity index (χ2n) is 6.84. The van der Waals surface area contributed by atoms with Gasteiger partial charge in [0.05, 0.1) is 0 Å². The molecule has 3 nitrogen and oxygen atoms in total. The molecule has 1 aliphatic heterocycles. The molecule has 2 atom stereocenters. The quantitative estimate of drug-likeness (QED) is 0.902. The molecular formula is C17H29N3S. The van der Waals surface area contributed by atoms with Gasteiger partial charge in [-0.3, -0.25) is 4.90 Å². The molecule has 2 aliphatic rings. The predicted molar refractivity (Wildman–Crippen MR) is 90.9 cm³/mol. The molecule has 0 amide bonds. The minimum absolute atomic E-state index is 0.577. The van der Waals surface area contributed by atoms with E-state index < -0.39 is 0 Å². The first kappa shape index (κ1) is 15.5. The predicted octanol–water partition coefficient (Wildman–Crippen LogP) is 2.81. The SMILES string of the molecule is CN1CCN(C)C(CNC(c2cccs2)C2CCCC2)C1. The summed E-state index contributed by atoms with van der Waals surface area (Å²) in [6.45, 7) is 4.69. The summed E-state index contributed by atoms with van der Waals surface area (Å²) in [6.07, 6.45) is 5.63. The van der Waals surface area contributed by atoms with E-state index >= 15 is 0 Å². The summed E-state index contributed by atoms with van der Waals surface area (Å²) in [5, 5.41) is 6.15. The Bertz CT molecular complexity index is 414. The van der Waals surface area contributed by atoms with Crippen LogP contribution in [-0.2, 0) is 0 Å². The van der Waals surface area contributed by atoms with E-state index in [4.69, 9.17) is 0 Å². The van der Waals surface area contributed by atoms with E-state index in [0.717, 1.165) is 12.5 Å². The molecule has 3 rings (SSSR count). The van der Waals surface area contributed by atoms with Crippen LogP contribution in [0.2, 0.25) is 0 Å². The number of piperazine rings is 1. The molecular weight excluding hydrogens is 278 g/mol. The Hall–Kier alpha value is -0.420. The molecule has 1 N–H and O–H groups in total. The second kappa shape index (κ2) is 7.23. The molecule has 2 unspecified atom stereocenters. The Labute approximate surface area is 133 Å². The zero-order chi connectivity index (χ0) is 14.7. The van der Waals surface area contributed by atoms with Crippen LogP contribution in [0.25, 0.3) is 0 Å². The third-order valence-electron chi connectivity index (χ3n) is 5.27. The van der Waals surface area contributed by atoms with E-state index in [9.17, 15) is 0 Å².